The molecule has 0 aliphatic carbocycles. The van der Waals surface area contributed by atoms with E-state index in [1.807, 2.05) is 20.8 Å². The normalized spacial score (nSPS) is 12.5. The number of benzene rings is 1. The van der Waals surface area contributed by atoms with Gasteiger partial charge in [-0.15, -0.1) is 0 Å². The molecule has 138 valence electrons. The van der Waals surface area contributed by atoms with Gasteiger partial charge >= 0.3 is 0 Å². The fourth-order valence-electron chi connectivity index (χ4n) is 1.79. The summed E-state index contributed by atoms with van der Waals surface area (Å²) in [5, 5.41) is 15.1. The molecule has 0 bridgehead atoms. The first-order valence-electron chi connectivity index (χ1n) is 7.81. The molecule has 0 N–H and O–H groups in total. The van der Waals surface area contributed by atoms with Crippen LogP contribution >= 0.6 is 0 Å². The molecule has 0 aliphatic heterocycles. The van der Waals surface area contributed by atoms with Crippen molar-refractivity contribution >= 4 is 11.4 Å². The van der Waals surface area contributed by atoms with E-state index in [0.29, 0.717) is 22.8 Å². The van der Waals surface area contributed by atoms with Crippen LogP contribution in [0.4, 0.5) is 5.69 Å². The average molecular weight is 350 g/mol. The summed E-state index contributed by atoms with van der Waals surface area (Å²) in [4.78, 5) is 16.1. The molecule has 0 spiro atoms. The number of rotatable bonds is 7. The van der Waals surface area contributed by atoms with E-state index in [1.54, 1.807) is 26.8 Å². The van der Waals surface area contributed by atoms with Crippen LogP contribution in [0.2, 0.25) is 0 Å². The van der Waals surface area contributed by atoms with E-state index in [0.717, 1.165) is 0 Å². The van der Waals surface area contributed by atoms with Gasteiger partial charge in [-0.25, -0.2) is 0 Å². The Morgan fingerprint density at radius 2 is 1.80 bits per heavy atom. The maximum Gasteiger partial charge on any atom is 0.273 e. The minimum absolute atomic E-state index is 0.0800. The molecule has 1 aromatic rings. The Morgan fingerprint density at radius 1 is 1.20 bits per heavy atom. The molecular weight excluding hydrogens is 324 g/mol. The summed E-state index contributed by atoms with van der Waals surface area (Å²) >= 11 is 0. The van der Waals surface area contributed by atoms with Crippen LogP contribution in [0, 0.1) is 10.1 Å². The Balaban J connectivity index is 3.03. The Bertz CT molecular complexity index is 687. The van der Waals surface area contributed by atoms with E-state index >= 15 is 0 Å². The molecule has 0 aromatic heterocycles. The van der Waals surface area contributed by atoms with Gasteiger partial charge in [-0.05, 0) is 47.6 Å². The lowest BCUT2D eigenvalue weighted by molar-refractivity contribution is -0.384. The zero-order chi connectivity index (χ0) is 19.4. The van der Waals surface area contributed by atoms with E-state index in [-0.39, 0.29) is 5.69 Å². The first-order valence-corrected chi connectivity index (χ1v) is 7.81. The van der Waals surface area contributed by atoms with Gasteiger partial charge in [0, 0.05) is 11.6 Å². The van der Waals surface area contributed by atoms with Crippen molar-refractivity contribution in [3.63, 3.8) is 0 Å². The van der Waals surface area contributed by atoms with Crippen molar-refractivity contribution in [2.45, 2.75) is 52.7 Å². The largest absolute Gasteiger partial charge is 0.496 e. The Kier molecular flexibility index (Phi) is 6.18. The summed E-state index contributed by atoms with van der Waals surface area (Å²) < 4.78 is 10.8. The summed E-state index contributed by atoms with van der Waals surface area (Å²) in [5.74, 6) is 0.812. The lowest BCUT2D eigenvalue weighted by atomic mass is 10.1. The number of nitro groups is 1. The number of methoxy groups -OCH3 is 1. The van der Waals surface area contributed by atoms with Crippen LogP contribution in [0.15, 0.2) is 35.7 Å². The van der Waals surface area contributed by atoms with Crippen molar-refractivity contribution in [2.75, 3.05) is 7.11 Å². The van der Waals surface area contributed by atoms with Crippen LogP contribution < -0.4 is 4.74 Å². The first kappa shape index (κ1) is 20.5. The van der Waals surface area contributed by atoms with E-state index < -0.39 is 16.1 Å². The number of non-ortho nitro benzene ring substituents is 1. The van der Waals surface area contributed by atoms with Crippen molar-refractivity contribution in [2.24, 2.45) is 5.16 Å². The summed E-state index contributed by atoms with van der Waals surface area (Å²) in [7, 11) is 1.45. The smallest absolute Gasteiger partial charge is 0.273 e. The zero-order valence-corrected chi connectivity index (χ0v) is 15.9. The summed E-state index contributed by atoms with van der Waals surface area (Å²) in [5.41, 5.74) is -0.338. The number of ether oxygens (including phenoxy) is 2. The van der Waals surface area contributed by atoms with Gasteiger partial charge in [0.15, 0.2) is 5.60 Å². The van der Waals surface area contributed by atoms with E-state index in [4.69, 9.17) is 14.3 Å². The molecule has 0 aliphatic rings. The monoisotopic (exact) mass is 350 g/mol. The molecule has 0 saturated heterocycles. The van der Waals surface area contributed by atoms with Crippen molar-refractivity contribution in [1.29, 1.82) is 0 Å². The molecule has 0 amide bonds. The second-order valence-corrected chi connectivity index (χ2v) is 7.09. The molecule has 0 fully saturated rings. The number of nitro benzene ring substituents is 1. The van der Waals surface area contributed by atoms with E-state index in [2.05, 4.69) is 11.7 Å². The number of hydrogen-bond acceptors (Lipinski definition) is 6. The molecule has 0 atom stereocenters. The molecule has 0 heterocycles. The number of hydrogen-bond donors (Lipinski definition) is 0. The average Bonchev–Trinajstić information content (AvgIpc) is 2.50. The van der Waals surface area contributed by atoms with Crippen LogP contribution in [0.1, 0.15) is 47.1 Å². The SMILES string of the molecule is C=C(OC(C)(C)C)C(C)(C)O/N=C(\C)c1cc(OC)cc([N+](=O)[O-])c1. The summed E-state index contributed by atoms with van der Waals surface area (Å²) in [6.45, 7) is 14.9. The van der Waals surface area contributed by atoms with Crippen LogP contribution in [0.3, 0.4) is 0 Å². The fourth-order valence-corrected chi connectivity index (χ4v) is 1.79. The minimum atomic E-state index is -0.862. The Morgan fingerprint density at radius 3 is 2.28 bits per heavy atom. The highest BCUT2D eigenvalue weighted by atomic mass is 16.7. The van der Waals surface area contributed by atoms with Crippen LogP contribution in [-0.4, -0.2) is 28.9 Å². The van der Waals surface area contributed by atoms with Crippen molar-refractivity contribution in [3.8, 4) is 5.75 Å². The van der Waals surface area contributed by atoms with Crippen LogP contribution in [-0.2, 0) is 9.57 Å². The third kappa shape index (κ3) is 6.10. The Hall–Kier alpha value is -2.57. The number of nitrogens with zero attached hydrogens (tertiary/aromatic N) is 2. The predicted molar refractivity (Wildman–Crippen MR) is 97.0 cm³/mol. The molecule has 7 heteroatoms. The van der Waals surface area contributed by atoms with Crippen LogP contribution in [0.25, 0.3) is 0 Å². The second-order valence-electron chi connectivity index (χ2n) is 7.09. The van der Waals surface area contributed by atoms with Crippen molar-refractivity contribution in [3.05, 3.63) is 46.2 Å². The van der Waals surface area contributed by atoms with Gasteiger partial charge in [0.2, 0.25) is 0 Å². The van der Waals surface area contributed by atoms with Crippen LogP contribution in [0.5, 0.6) is 5.75 Å². The first-order chi connectivity index (χ1) is 11.4. The number of oxime groups is 1. The molecule has 25 heavy (non-hydrogen) atoms. The van der Waals surface area contributed by atoms with E-state index in [9.17, 15) is 10.1 Å². The molecule has 1 rings (SSSR count). The third-order valence-corrected chi connectivity index (χ3v) is 3.27. The quantitative estimate of drug-likeness (QED) is 0.314. The molecule has 0 saturated carbocycles. The maximum atomic E-state index is 11.0. The van der Waals surface area contributed by atoms with Gasteiger partial charge in [0.25, 0.3) is 5.69 Å². The molecular formula is C18H26N2O5. The molecule has 1 aromatic carbocycles. The zero-order valence-electron chi connectivity index (χ0n) is 15.9. The minimum Gasteiger partial charge on any atom is -0.496 e. The second kappa shape index (κ2) is 7.55. The van der Waals surface area contributed by atoms with Gasteiger partial charge < -0.3 is 14.3 Å². The molecule has 7 nitrogen and oxygen atoms in total. The lowest BCUT2D eigenvalue weighted by Gasteiger charge is -2.31. The Labute approximate surface area is 148 Å². The molecule has 0 unspecified atom stereocenters. The van der Waals surface area contributed by atoms with Gasteiger partial charge in [-0.1, -0.05) is 11.7 Å². The van der Waals surface area contributed by atoms with Gasteiger partial charge in [0.1, 0.15) is 17.1 Å². The van der Waals surface area contributed by atoms with Crippen molar-refractivity contribution in [1.82, 2.24) is 0 Å². The third-order valence-electron chi connectivity index (χ3n) is 3.27. The highest BCUT2D eigenvalue weighted by Crippen LogP contribution is 2.27. The highest BCUT2D eigenvalue weighted by Gasteiger charge is 2.29. The van der Waals surface area contributed by atoms with Gasteiger partial charge in [-0.3, -0.25) is 10.1 Å². The highest BCUT2D eigenvalue weighted by molar-refractivity contribution is 5.99. The standard InChI is InChI=1S/C18H26N2O5/c1-12(14-9-15(20(21)22)11-16(10-14)23-8)19-25-18(6,7)13(2)24-17(3,4)5/h9-11H,2H2,1,3-8H3/b19-12+. The topological polar surface area (TPSA) is 83.2 Å². The summed E-state index contributed by atoms with van der Waals surface area (Å²) in [6, 6.07) is 4.42. The fraction of sp³-hybridized carbons (Fsp3) is 0.500. The van der Waals surface area contributed by atoms with Gasteiger partial charge in [0.05, 0.1) is 23.8 Å². The van der Waals surface area contributed by atoms with Gasteiger partial charge in [-0.2, -0.15) is 0 Å². The summed E-state index contributed by atoms with van der Waals surface area (Å²) in [6.07, 6.45) is 0. The molecule has 0 radical (unpaired) electrons. The predicted octanol–water partition coefficient (Wildman–Crippen LogP) is 4.45. The maximum absolute atomic E-state index is 11.0. The van der Waals surface area contributed by atoms with Crippen molar-refractivity contribution < 1.29 is 19.2 Å². The van der Waals surface area contributed by atoms with E-state index in [1.165, 1.54) is 19.2 Å². The lowest BCUT2D eigenvalue weighted by Crippen LogP contribution is -2.31.